The Morgan fingerprint density at radius 2 is 2.00 bits per heavy atom. The SMILES string of the molecule is O=C(Cn1cncc(Br)c1=O)c1ccc(F)cc1. The molecule has 0 amide bonds. The van der Waals surface area contributed by atoms with E-state index in [0.717, 1.165) is 0 Å². The van der Waals surface area contributed by atoms with E-state index in [1.165, 1.54) is 41.4 Å². The monoisotopic (exact) mass is 310 g/mol. The number of benzene rings is 1. The summed E-state index contributed by atoms with van der Waals surface area (Å²) in [5, 5.41) is 0. The van der Waals surface area contributed by atoms with Gasteiger partial charge in [0.1, 0.15) is 10.3 Å². The van der Waals surface area contributed by atoms with Crippen molar-refractivity contribution in [1.29, 1.82) is 0 Å². The van der Waals surface area contributed by atoms with E-state index >= 15 is 0 Å². The summed E-state index contributed by atoms with van der Waals surface area (Å²) in [4.78, 5) is 27.3. The van der Waals surface area contributed by atoms with Gasteiger partial charge in [-0.15, -0.1) is 0 Å². The van der Waals surface area contributed by atoms with Gasteiger partial charge in [-0.2, -0.15) is 0 Å². The van der Waals surface area contributed by atoms with Crippen molar-refractivity contribution in [2.75, 3.05) is 0 Å². The maximum atomic E-state index is 12.7. The van der Waals surface area contributed by atoms with Gasteiger partial charge < -0.3 is 0 Å². The summed E-state index contributed by atoms with van der Waals surface area (Å²) in [5.41, 5.74) is 0.0173. The molecule has 0 saturated heterocycles. The quantitative estimate of drug-likeness (QED) is 0.815. The number of nitrogens with zero attached hydrogens (tertiary/aromatic N) is 2. The molecule has 0 fully saturated rings. The molecule has 92 valence electrons. The summed E-state index contributed by atoms with van der Waals surface area (Å²) >= 11 is 3.05. The summed E-state index contributed by atoms with van der Waals surface area (Å²) in [6.07, 6.45) is 2.65. The van der Waals surface area contributed by atoms with Crippen molar-refractivity contribution in [1.82, 2.24) is 9.55 Å². The first-order chi connectivity index (χ1) is 8.58. The molecule has 18 heavy (non-hydrogen) atoms. The topological polar surface area (TPSA) is 52.0 Å². The Hall–Kier alpha value is -1.82. The fraction of sp³-hybridized carbons (Fsp3) is 0.0833. The molecule has 0 aliphatic carbocycles. The summed E-state index contributed by atoms with van der Waals surface area (Å²) in [7, 11) is 0. The van der Waals surface area contributed by atoms with Gasteiger partial charge in [0.15, 0.2) is 5.78 Å². The molecule has 0 N–H and O–H groups in total. The fourth-order valence-electron chi connectivity index (χ4n) is 1.42. The molecule has 0 spiro atoms. The third kappa shape index (κ3) is 2.70. The maximum Gasteiger partial charge on any atom is 0.268 e. The normalized spacial score (nSPS) is 10.3. The van der Waals surface area contributed by atoms with E-state index in [1.807, 2.05) is 0 Å². The summed E-state index contributed by atoms with van der Waals surface area (Å²) < 4.78 is 14.2. The van der Waals surface area contributed by atoms with E-state index in [1.54, 1.807) is 0 Å². The van der Waals surface area contributed by atoms with E-state index in [9.17, 15) is 14.0 Å². The second-order valence-electron chi connectivity index (χ2n) is 3.60. The van der Waals surface area contributed by atoms with Gasteiger partial charge in [-0.1, -0.05) is 0 Å². The predicted octanol–water partition coefficient (Wildman–Crippen LogP) is 2.03. The molecule has 2 aromatic rings. The first-order valence-electron chi connectivity index (χ1n) is 5.06. The van der Waals surface area contributed by atoms with Crippen LogP contribution in [-0.2, 0) is 6.54 Å². The van der Waals surface area contributed by atoms with Gasteiger partial charge in [0.05, 0.1) is 12.9 Å². The van der Waals surface area contributed by atoms with E-state index in [4.69, 9.17) is 0 Å². The van der Waals surface area contributed by atoms with E-state index < -0.39 is 5.82 Å². The van der Waals surface area contributed by atoms with Crippen LogP contribution in [0.1, 0.15) is 10.4 Å². The second kappa shape index (κ2) is 5.22. The molecule has 4 nitrogen and oxygen atoms in total. The first-order valence-corrected chi connectivity index (χ1v) is 5.86. The Balaban J connectivity index is 2.24. The minimum Gasteiger partial charge on any atom is -0.292 e. The zero-order valence-corrected chi connectivity index (χ0v) is 10.7. The molecule has 0 aliphatic heterocycles. The highest BCUT2D eigenvalue weighted by Gasteiger charge is 2.09. The van der Waals surface area contributed by atoms with Crippen molar-refractivity contribution in [3.8, 4) is 0 Å². The molecular formula is C12H8BrFN2O2. The molecule has 1 aromatic heterocycles. The van der Waals surface area contributed by atoms with Gasteiger partial charge in [-0.05, 0) is 40.2 Å². The highest BCUT2D eigenvalue weighted by atomic mass is 79.9. The van der Waals surface area contributed by atoms with Crippen LogP contribution in [0.2, 0.25) is 0 Å². The Kier molecular flexibility index (Phi) is 3.66. The minimum absolute atomic E-state index is 0.128. The number of hydrogen-bond donors (Lipinski definition) is 0. The van der Waals surface area contributed by atoms with Crippen LogP contribution in [0.5, 0.6) is 0 Å². The van der Waals surface area contributed by atoms with E-state index in [-0.39, 0.29) is 22.4 Å². The number of halogens is 2. The number of carbonyl (C=O) groups excluding carboxylic acids is 1. The van der Waals surface area contributed by atoms with Crippen LogP contribution in [0.4, 0.5) is 4.39 Å². The molecule has 0 radical (unpaired) electrons. The molecule has 1 aromatic carbocycles. The van der Waals surface area contributed by atoms with Gasteiger partial charge in [0, 0.05) is 11.8 Å². The highest BCUT2D eigenvalue weighted by molar-refractivity contribution is 9.10. The standard InChI is InChI=1S/C12H8BrFN2O2/c13-10-5-15-7-16(12(10)18)6-11(17)8-1-3-9(14)4-2-8/h1-5,7H,6H2. The Bertz CT molecular complexity index is 637. The van der Waals surface area contributed by atoms with Gasteiger partial charge >= 0.3 is 0 Å². The van der Waals surface area contributed by atoms with Crippen LogP contribution in [-0.4, -0.2) is 15.3 Å². The second-order valence-corrected chi connectivity index (χ2v) is 4.46. The minimum atomic E-state index is -0.409. The zero-order chi connectivity index (χ0) is 13.1. The van der Waals surface area contributed by atoms with Crippen LogP contribution in [0, 0.1) is 5.82 Å². The third-order valence-corrected chi connectivity index (χ3v) is 2.88. The third-order valence-electron chi connectivity index (χ3n) is 2.34. The summed E-state index contributed by atoms with van der Waals surface area (Å²) in [6.45, 7) is -0.128. The van der Waals surface area contributed by atoms with Crippen LogP contribution < -0.4 is 5.56 Å². The van der Waals surface area contributed by atoms with Crippen LogP contribution >= 0.6 is 15.9 Å². The first kappa shape index (κ1) is 12.6. The van der Waals surface area contributed by atoms with Crippen molar-refractivity contribution in [3.05, 3.63) is 63.0 Å². The van der Waals surface area contributed by atoms with E-state index in [0.29, 0.717) is 5.56 Å². The number of hydrogen-bond acceptors (Lipinski definition) is 3. The van der Waals surface area contributed by atoms with Crippen molar-refractivity contribution < 1.29 is 9.18 Å². The average molecular weight is 311 g/mol. The molecule has 0 saturated carbocycles. The number of aromatic nitrogens is 2. The lowest BCUT2D eigenvalue weighted by Gasteiger charge is -2.04. The number of rotatable bonds is 3. The summed E-state index contributed by atoms with van der Waals surface area (Å²) in [6, 6.07) is 5.17. The Morgan fingerprint density at radius 1 is 1.33 bits per heavy atom. The lowest BCUT2D eigenvalue weighted by molar-refractivity contribution is 0.0970. The fourth-order valence-corrected chi connectivity index (χ4v) is 1.76. The molecule has 0 unspecified atom stereocenters. The predicted molar refractivity (Wildman–Crippen MR) is 66.9 cm³/mol. The molecule has 0 atom stereocenters. The number of carbonyl (C=O) groups is 1. The molecule has 2 rings (SSSR count). The van der Waals surface area contributed by atoms with Crippen LogP contribution in [0.15, 0.2) is 46.1 Å². The van der Waals surface area contributed by atoms with Gasteiger partial charge in [-0.3, -0.25) is 14.2 Å². The van der Waals surface area contributed by atoms with Gasteiger partial charge in [0.2, 0.25) is 0 Å². The molecule has 0 bridgehead atoms. The molecule has 1 heterocycles. The maximum absolute atomic E-state index is 12.7. The Morgan fingerprint density at radius 3 is 2.67 bits per heavy atom. The number of Topliss-reactive ketones (excluding diaryl/α,β-unsaturated/α-hetero) is 1. The van der Waals surface area contributed by atoms with Crippen LogP contribution in [0.3, 0.4) is 0 Å². The zero-order valence-electron chi connectivity index (χ0n) is 9.14. The highest BCUT2D eigenvalue weighted by Crippen LogP contribution is 2.05. The van der Waals surface area contributed by atoms with Gasteiger partial charge in [0.25, 0.3) is 5.56 Å². The van der Waals surface area contributed by atoms with Crippen molar-refractivity contribution in [2.45, 2.75) is 6.54 Å². The Labute approximate surface area is 110 Å². The van der Waals surface area contributed by atoms with E-state index in [2.05, 4.69) is 20.9 Å². The van der Waals surface area contributed by atoms with Crippen molar-refractivity contribution in [2.24, 2.45) is 0 Å². The van der Waals surface area contributed by atoms with Crippen molar-refractivity contribution in [3.63, 3.8) is 0 Å². The summed E-state index contributed by atoms with van der Waals surface area (Å²) in [5.74, 6) is -0.690. The lowest BCUT2D eigenvalue weighted by atomic mass is 10.1. The number of ketones is 1. The molecule has 0 aliphatic rings. The largest absolute Gasteiger partial charge is 0.292 e. The smallest absolute Gasteiger partial charge is 0.268 e. The molecular weight excluding hydrogens is 303 g/mol. The average Bonchev–Trinajstić information content (AvgIpc) is 2.36. The lowest BCUT2D eigenvalue weighted by Crippen LogP contribution is -2.24. The van der Waals surface area contributed by atoms with Crippen LogP contribution in [0.25, 0.3) is 0 Å². The van der Waals surface area contributed by atoms with Gasteiger partial charge in [-0.25, -0.2) is 9.37 Å². The molecule has 6 heteroatoms. The van der Waals surface area contributed by atoms with Crippen molar-refractivity contribution >= 4 is 21.7 Å².